The highest BCUT2D eigenvalue weighted by Gasteiger charge is 2.35. The maximum atomic E-state index is 12.1. The van der Waals surface area contributed by atoms with Gasteiger partial charge >= 0.3 is 5.97 Å². The minimum atomic E-state index is -3.46. The molecule has 0 unspecified atom stereocenters. The van der Waals surface area contributed by atoms with Crippen LogP contribution in [0.25, 0.3) is 0 Å². The first-order chi connectivity index (χ1) is 9.48. The van der Waals surface area contributed by atoms with E-state index in [9.17, 15) is 18.0 Å². The lowest BCUT2D eigenvalue weighted by Gasteiger charge is -2.36. The predicted octanol–water partition coefficient (Wildman–Crippen LogP) is -0.562. The molecule has 0 aromatic rings. The minimum absolute atomic E-state index is 0.0945. The molecule has 0 saturated carbocycles. The van der Waals surface area contributed by atoms with Gasteiger partial charge in [0.25, 0.3) is 10.2 Å². The summed E-state index contributed by atoms with van der Waals surface area (Å²) in [5.74, 6) is -1.28. The zero-order valence-electron chi connectivity index (χ0n) is 12.9. The molecular weight excluding hydrogens is 298 g/mol. The Morgan fingerprint density at radius 1 is 1.14 bits per heavy atom. The largest absolute Gasteiger partial charge is 0.481 e. The number of hydrogen-bond acceptors (Lipinski definition) is 4. The molecule has 1 amide bonds. The standard InChI is InChI=1S/C12H23N3O5S/c1-12(2,11(17)18)9-10(16)14-5-7-15(8-6-14)21(19,20)13(3)4/h5-9H2,1-4H3,(H,17,18). The Bertz CT molecular complexity index is 507. The lowest BCUT2D eigenvalue weighted by molar-refractivity contribution is -0.151. The fourth-order valence-corrected chi connectivity index (χ4v) is 3.05. The smallest absolute Gasteiger partial charge is 0.309 e. The normalized spacial score (nSPS) is 18.0. The van der Waals surface area contributed by atoms with E-state index in [1.165, 1.54) is 37.1 Å². The number of carbonyl (C=O) groups excluding carboxylic acids is 1. The SMILES string of the molecule is CN(C)S(=O)(=O)N1CCN(C(=O)CC(C)(C)C(=O)O)CC1. The van der Waals surface area contributed by atoms with Crippen LogP contribution in [0.4, 0.5) is 0 Å². The summed E-state index contributed by atoms with van der Waals surface area (Å²) >= 11 is 0. The second-order valence-electron chi connectivity index (χ2n) is 5.94. The second kappa shape index (κ2) is 6.29. The molecule has 1 fully saturated rings. The van der Waals surface area contributed by atoms with Crippen LogP contribution < -0.4 is 0 Å². The minimum Gasteiger partial charge on any atom is -0.481 e. The van der Waals surface area contributed by atoms with Crippen molar-refractivity contribution in [1.82, 2.24) is 13.5 Å². The molecule has 1 N–H and O–H groups in total. The first-order valence-electron chi connectivity index (χ1n) is 6.67. The van der Waals surface area contributed by atoms with E-state index in [2.05, 4.69) is 0 Å². The number of carboxylic acid groups (broad SMARTS) is 1. The molecule has 0 aromatic carbocycles. The average molecular weight is 321 g/mol. The fraction of sp³-hybridized carbons (Fsp3) is 0.833. The number of carboxylic acids is 1. The van der Waals surface area contributed by atoms with Crippen LogP contribution in [-0.2, 0) is 19.8 Å². The summed E-state index contributed by atoms with van der Waals surface area (Å²) in [7, 11) is -0.542. The van der Waals surface area contributed by atoms with Gasteiger partial charge in [-0.15, -0.1) is 0 Å². The summed E-state index contributed by atoms with van der Waals surface area (Å²) in [4.78, 5) is 24.6. The molecule has 21 heavy (non-hydrogen) atoms. The van der Waals surface area contributed by atoms with Crippen molar-refractivity contribution in [1.29, 1.82) is 0 Å². The Hall–Kier alpha value is -1.19. The lowest BCUT2D eigenvalue weighted by Crippen LogP contribution is -2.53. The number of carbonyl (C=O) groups is 2. The van der Waals surface area contributed by atoms with E-state index in [0.29, 0.717) is 0 Å². The number of piperazine rings is 1. The van der Waals surface area contributed by atoms with E-state index >= 15 is 0 Å². The van der Waals surface area contributed by atoms with E-state index in [1.54, 1.807) is 0 Å². The lowest BCUT2D eigenvalue weighted by atomic mass is 9.89. The zero-order chi connectivity index (χ0) is 16.4. The van der Waals surface area contributed by atoms with Crippen LogP contribution in [-0.4, -0.2) is 79.2 Å². The third-order valence-electron chi connectivity index (χ3n) is 3.55. The van der Waals surface area contributed by atoms with Crippen molar-refractivity contribution >= 4 is 22.1 Å². The first kappa shape index (κ1) is 17.9. The number of nitrogens with zero attached hydrogens (tertiary/aromatic N) is 3. The van der Waals surface area contributed by atoms with Crippen molar-refractivity contribution in [3.63, 3.8) is 0 Å². The molecule has 0 atom stereocenters. The van der Waals surface area contributed by atoms with Gasteiger partial charge in [-0.2, -0.15) is 17.0 Å². The Kier molecular flexibility index (Phi) is 5.35. The summed E-state index contributed by atoms with van der Waals surface area (Å²) in [6.45, 7) is 4.00. The summed E-state index contributed by atoms with van der Waals surface area (Å²) < 4.78 is 26.4. The Labute approximate surface area is 125 Å². The Morgan fingerprint density at radius 3 is 2.00 bits per heavy atom. The van der Waals surface area contributed by atoms with Crippen molar-refractivity contribution < 1.29 is 23.1 Å². The third-order valence-corrected chi connectivity index (χ3v) is 5.49. The van der Waals surface area contributed by atoms with Crippen molar-refractivity contribution in [3.8, 4) is 0 Å². The molecule has 8 nitrogen and oxygen atoms in total. The van der Waals surface area contributed by atoms with Crippen LogP contribution >= 0.6 is 0 Å². The van der Waals surface area contributed by atoms with Crippen LogP contribution in [0.15, 0.2) is 0 Å². The predicted molar refractivity (Wildman–Crippen MR) is 76.8 cm³/mol. The average Bonchev–Trinajstić information content (AvgIpc) is 2.37. The highest BCUT2D eigenvalue weighted by molar-refractivity contribution is 7.86. The fourth-order valence-electron chi connectivity index (χ4n) is 1.96. The molecule has 0 spiro atoms. The van der Waals surface area contributed by atoms with Gasteiger partial charge in [-0.1, -0.05) is 0 Å². The van der Waals surface area contributed by atoms with E-state index in [0.717, 1.165) is 4.31 Å². The maximum absolute atomic E-state index is 12.1. The van der Waals surface area contributed by atoms with Crippen LogP contribution in [0.2, 0.25) is 0 Å². The quantitative estimate of drug-likeness (QED) is 0.732. The van der Waals surface area contributed by atoms with Crippen molar-refractivity contribution in [3.05, 3.63) is 0 Å². The summed E-state index contributed by atoms with van der Waals surface area (Å²) in [5, 5.41) is 9.03. The van der Waals surface area contributed by atoms with Gasteiger partial charge in [0.2, 0.25) is 5.91 Å². The molecule has 1 rings (SSSR count). The van der Waals surface area contributed by atoms with Crippen LogP contribution in [0.5, 0.6) is 0 Å². The van der Waals surface area contributed by atoms with Crippen molar-refractivity contribution in [2.24, 2.45) is 5.41 Å². The number of aliphatic carboxylic acids is 1. The summed E-state index contributed by atoms with van der Waals surface area (Å²) in [6.07, 6.45) is -0.0945. The van der Waals surface area contributed by atoms with Gasteiger partial charge < -0.3 is 10.0 Å². The van der Waals surface area contributed by atoms with E-state index in [4.69, 9.17) is 5.11 Å². The molecule has 0 radical (unpaired) electrons. The summed E-state index contributed by atoms with van der Waals surface area (Å²) in [6, 6.07) is 0. The van der Waals surface area contributed by atoms with Gasteiger partial charge in [0.05, 0.1) is 5.41 Å². The topological polar surface area (TPSA) is 98.2 Å². The molecular formula is C12H23N3O5S. The Balaban J connectivity index is 2.62. The highest BCUT2D eigenvalue weighted by atomic mass is 32.2. The van der Waals surface area contributed by atoms with Gasteiger partial charge in [-0.05, 0) is 13.8 Å². The first-order valence-corrected chi connectivity index (χ1v) is 8.07. The van der Waals surface area contributed by atoms with Gasteiger partial charge in [0.15, 0.2) is 0 Å². The third kappa shape index (κ3) is 4.14. The van der Waals surface area contributed by atoms with E-state index in [1.807, 2.05) is 0 Å². The van der Waals surface area contributed by atoms with Gasteiger partial charge in [0.1, 0.15) is 0 Å². The van der Waals surface area contributed by atoms with E-state index < -0.39 is 21.6 Å². The van der Waals surface area contributed by atoms with Crippen LogP contribution in [0.1, 0.15) is 20.3 Å². The maximum Gasteiger partial charge on any atom is 0.309 e. The molecule has 0 aromatic heterocycles. The van der Waals surface area contributed by atoms with Crippen molar-refractivity contribution in [2.45, 2.75) is 20.3 Å². The van der Waals surface area contributed by atoms with E-state index in [-0.39, 0.29) is 38.5 Å². The van der Waals surface area contributed by atoms with Crippen molar-refractivity contribution in [2.75, 3.05) is 40.3 Å². The Morgan fingerprint density at radius 2 is 1.62 bits per heavy atom. The molecule has 0 aliphatic carbocycles. The monoisotopic (exact) mass is 321 g/mol. The second-order valence-corrected chi connectivity index (χ2v) is 8.08. The summed E-state index contributed by atoms with van der Waals surface area (Å²) in [5.41, 5.74) is -1.12. The number of rotatable bonds is 5. The number of amides is 1. The van der Waals surface area contributed by atoms with Gasteiger partial charge in [-0.3, -0.25) is 9.59 Å². The molecule has 0 bridgehead atoms. The van der Waals surface area contributed by atoms with Gasteiger partial charge in [0, 0.05) is 46.7 Å². The molecule has 1 aliphatic heterocycles. The molecule has 1 saturated heterocycles. The van der Waals surface area contributed by atoms with Crippen LogP contribution in [0.3, 0.4) is 0 Å². The number of hydrogen-bond donors (Lipinski definition) is 1. The van der Waals surface area contributed by atoms with Gasteiger partial charge in [-0.25, -0.2) is 0 Å². The molecule has 1 aliphatic rings. The molecule has 9 heteroatoms. The van der Waals surface area contributed by atoms with Crippen LogP contribution in [0, 0.1) is 5.41 Å². The molecule has 1 heterocycles. The zero-order valence-corrected chi connectivity index (χ0v) is 13.7. The molecule has 122 valence electrons. The highest BCUT2D eigenvalue weighted by Crippen LogP contribution is 2.22.